The SMILES string of the molecule is CN1CCCC(N(C)c2ncccc2C=O)C1. The largest absolute Gasteiger partial charge is 0.355 e. The molecule has 92 valence electrons. The molecule has 1 aliphatic heterocycles. The number of aldehydes is 1. The Morgan fingerprint density at radius 2 is 2.41 bits per heavy atom. The van der Waals surface area contributed by atoms with Gasteiger partial charge in [0.25, 0.3) is 0 Å². The van der Waals surface area contributed by atoms with Crippen molar-refractivity contribution in [2.75, 3.05) is 32.1 Å². The fourth-order valence-corrected chi connectivity index (χ4v) is 2.42. The van der Waals surface area contributed by atoms with E-state index < -0.39 is 0 Å². The first-order valence-corrected chi connectivity index (χ1v) is 6.04. The van der Waals surface area contributed by atoms with E-state index in [4.69, 9.17) is 0 Å². The number of aromatic nitrogens is 1. The van der Waals surface area contributed by atoms with Gasteiger partial charge in [-0.2, -0.15) is 0 Å². The lowest BCUT2D eigenvalue weighted by molar-refractivity contribution is 0.112. The maximum absolute atomic E-state index is 11.0. The molecule has 0 saturated carbocycles. The highest BCUT2D eigenvalue weighted by Gasteiger charge is 2.23. The third-order valence-electron chi connectivity index (χ3n) is 3.43. The summed E-state index contributed by atoms with van der Waals surface area (Å²) in [5, 5.41) is 0. The van der Waals surface area contributed by atoms with Gasteiger partial charge in [-0.3, -0.25) is 4.79 Å². The van der Waals surface area contributed by atoms with E-state index in [1.54, 1.807) is 12.3 Å². The van der Waals surface area contributed by atoms with E-state index in [-0.39, 0.29) is 0 Å². The summed E-state index contributed by atoms with van der Waals surface area (Å²) in [5.74, 6) is 0.794. The molecule has 2 heterocycles. The number of carbonyl (C=O) groups excluding carboxylic acids is 1. The van der Waals surface area contributed by atoms with Crippen LogP contribution in [0.1, 0.15) is 23.2 Å². The fourth-order valence-electron chi connectivity index (χ4n) is 2.42. The van der Waals surface area contributed by atoms with Crippen molar-refractivity contribution in [2.24, 2.45) is 0 Å². The summed E-state index contributed by atoms with van der Waals surface area (Å²) in [6.45, 7) is 2.19. The van der Waals surface area contributed by atoms with Crippen LogP contribution in [0.25, 0.3) is 0 Å². The molecule has 1 fully saturated rings. The van der Waals surface area contributed by atoms with Gasteiger partial charge >= 0.3 is 0 Å². The Morgan fingerprint density at radius 1 is 1.59 bits per heavy atom. The van der Waals surface area contributed by atoms with E-state index in [2.05, 4.69) is 21.8 Å². The molecule has 1 unspecified atom stereocenters. The van der Waals surface area contributed by atoms with Crippen LogP contribution in [0.2, 0.25) is 0 Å². The number of anilines is 1. The minimum atomic E-state index is 0.447. The van der Waals surface area contributed by atoms with E-state index in [1.165, 1.54) is 6.42 Å². The van der Waals surface area contributed by atoms with Gasteiger partial charge in [0.15, 0.2) is 6.29 Å². The van der Waals surface area contributed by atoms with Gasteiger partial charge in [0.1, 0.15) is 5.82 Å². The van der Waals surface area contributed by atoms with Crippen molar-refractivity contribution in [2.45, 2.75) is 18.9 Å². The molecule has 4 heteroatoms. The van der Waals surface area contributed by atoms with Gasteiger partial charge in [0, 0.05) is 25.8 Å². The summed E-state index contributed by atoms with van der Waals surface area (Å²) in [6.07, 6.45) is 4.99. The summed E-state index contributed by atoms with van der Waals surface area (Å²) in [5.41, 5.74) is 0.670. The molecule has 2 rings (SSSR count). The Labute approximate surface area is 102 Å². The van der Waals surface area contributed by atoms with Gasteiger partial charge in [0.2, 0.25) is 0 Å². The van der Waals surface area contributed by atoms with E-state index in [9.17, 15) is 4.79 Å². The van der Waals surface area contributed by atoms with Crippen LogP contribution in [0.3, 0.4) is 0 Å². The molecular weight excluding hydrogens is 214 g/mol. The topological polar surface area (TPSA) is 36.4 Å². The molecular formula is C13H19N3O. The van der Waals surface area contributed by atoms with Crippen molar-refractivity contribution in [3.63, 3.8) is 0 Å². The van der Waals surface area contributed by atoms with Gasteiger partial charge < -0.3 is 9.80 Å². The third kappa shape index (κ3) is 2.64. The third-order valence-corrected chi connectivity index (χ3v) is 3.43. The fraction of sp³-hybridized carbons (Fsp3) is 0.538. The minimum Gasteiger partial charge on any atom is -0.355 e. The Balaban J connectivity index is 2.18. The molecule has 0 aromatic carbocycles. The first-order valence-electron chi connectivity index (χ1n) is 6.04. The van der Waals surface area contributed by atoms with Gasteiger partial charge in [-0.25, -0.2) is 4.98 Å². The molecule has 0 spiro atoms. The second kappa shape index (κ2) is 5.27. The highest BCUT2D eigenvalue weighted by atomic mass is 16.1. The van der Waals surface area contributed by atoms with Crippen molar-refractivity contribution < 1.29 is 4.79 Å². The summed E-state index contributed by atoms with van der Waals surface area (Å²) in [4.78, 5) is 19.8. The molecule has 1 aliphatic rings. The van der Waals surface area contributed by atoms with Crippen LogP contribution in [-0.2, 0) is 0 Å². The zero-order valence-electron chi connectivity index (χ0n) is 10.5. The van der Waals surface area contributed by atoms with Crippen LogP contribution in [0, 0.1) is 0 Å². The molecule has 1 atom stereocenters. The van der Waals surface area contributed by atoms with E-state index in [0.717, 1.165) is 31.6 Å². The quantitative estimate of drug-likeness (QED) is 0.740. The van der Waals surface area contributed by atoms with E-state index in [0.29, 0.717) is 11.6 Å². The second-order valence-corrected chi connectivity index (χ2v) is 4.70. The van der Waals surface area contributed by atoms with Crippen LogP contribution < -0.4 is 4.90 Å². The number of likely N-dealkylation sites (tertiary alicyclic amines) is 1. The molecule has 0 amide bonds. The maximum atomic E-state index is 11.0. The molecule has 1 aromatic rings. The lowest BCUT2D eigenvalue weighted by Crippen LogP contribution is -2.45. The van der Waals surface area contributed by atoms with Crippen molar-refractivity contribution in [3.05, 3.63) is 23.9 Å². The van der Waals surface area contributed by atoms with Crippen molar-refractivity contribution in [1.82, 2.24) is 9.88 Å². The number of piperidine rings is 1. The summed E-state index contributed by atoms with van der Waals surface area (Å²) >= 11 is 0. The predicted molar refractivity (Wildman–Crippen MR) is 68.5 cm³/mol. The number of pyridine rings is 1. The number of hydrogen-bond acceptors (Lipinski definition) is 4. The molecule has 4 nitrogen and oxygen atoms in total. The number of likely N-dealkylation sites (N-methyl/N-ethyl adjacent to an activating group) is 2. The zero-order chi connectivity index (χ0) is 12.3. The Bertz CT molecular complexity index is 394. The van der Waals surface area contributed by atoms with Crippen molar-refractivity contribution in [3.8, 4) is 0 Å². The number of nitrogens with zero attached hydrogens (tertiary/aromatic N) is 3. The molecule has 0 bridgehead atoms. The molecule has 1 aromatic heterocycles. The van der Waals surface area contributed by atoms with Crippen molar-refractivity contribution in [1.29, 1.82) is 0 Å². The molecule has 0 N–H and O–H groups in total. The van der Waals surface area contributed by atoms with Crippen LogP contribution in [0.4, 0.5) is 5.82 Å². The van der Waals surface area contributed by atoms with E-state index in [1.807, 2.05) is 13.1 Å². The monoisotopic (exact) mass is 233 g/mol. The lowest BCUT2D eigenvalue weighted by atomic mass is 10.0. The number of rotatable bonds is 3. The van der Waals surface area contributed by atoms with Gasteiger partial charge in [-0.1, -0.05) is 0 Å². The highest BCUT2D eigenvalue weighted by molar-refractivity contribution is 5.82. The van der Waals surface area contributed by atoms with Crippen LogP contribution >= 0.6 is 0 Å². The normalized spacial score (nSPS) is 21.2. The minimum absolute atomic E-state index is 0.447. The first-order chi connectivity index (χ1) is 8.22. The Morgan fingerprint density at radius 3 is 3.12 bits per heavy atom. The van der Waals surface area contributed by atoms with Crippen molar-refractivity contribution >= 4 is 12.1 Å². The number of carbonyl (C=O) groups is 1. The zero-order valence-corrected chi connectivity index (χ0v) is 10.5. The average Bonchev–Trinajstić information content (AvgIpc) is 2.38. The summed E-state index contributed by atoms with van der Waals surface area (Å²) in [7, 11) is 4.16. The first kappa shape index (κ1) is 12.0. The second-order valence-electron chi connectivity index (χ2n) is 4.70. The molecule has 0 aliphatic carbocycles. The Hall–Kier alpha value is -1.42. The highest BCUT2D eigenvalue weighted by Crippen LogP contribution is 2.21. The number of hydrogen-bond donors (Lipinski definition) is 0. The van der Waals surface area contributed by atoms with Gasteiger partial charge in [0.05, 0.1) is 5.56 Å². The van der Waals surface area contributed by atoms with E-state index >= 15 is 0 Å². The standard InChI is InChI=1S/C13H19N3O/c1-15-8-4-6-12(9-15)16(2)13-11(10-17)5-3-7-14-13/h3,5,7,10,12H,4,6,8-9H2,1-2H3. The van der Waals surface area contributed by atoms with Gasteiger partial charge in [-0.15, -0.1) is 0 Å². The van der Waals surface area contributed by atoms with Crippen LogP contribution in [-0.4, -0.2) is 49.4 Å². The molecule has 1 saturated heterocycles. The summed E-state index contributed by atoms with van der Waals surface area (Å²) in [6, 6.07) is 4.06. The Kier molecular flexibility index (Phi) is 3.74. The molecule has 17 heavy (non-hydrogen) atoms. The molecule has 0 radical (unpaired) electrons. The maximum Gasteiger partial charge on any atom is 0.153 e. The average molecular weight is 233 g/mol. The summed E-state index contributed by atoms with van der Waals surface area (Å²) < 4.78 is 0. The van der Waals surface area contributed by atoms with Crippen LogP contribution in [0.5, 0.6) is 0 Å². The van der Waals surface area contributed by atoms with Gasteiger partial charge in [-0.05, 0) is 38.6 Å². The van der Waals surface area contributed by atoms with Crippen LogP contribution in [0.15, 0.2) is 18.3 Å². The smallest absolute Gasteiger partial charge is 0.153 e. The lowest BCUT2D eigenvalue weighted by Gasteiger charge is -2.36. The predicted octanol–water partition coefficient (Wildman–Crippen LogP) is 1.42.